The fourth-order valence-electron chi connectivity index (χ4n) is 3.49. The van der Waals surface area contributed by atoms with Crippen molar-refractivity contribution < 1.29 is 26.9 Å². The Bertz CT molecular complexity index is 1360. The third-order valence-corrected chi connectivity index (χ3v) is 7.11. The lowest BCUT2D eigenvalue weighted by molar-refractivity contribution is -0.384. The van der Waals surface area contributed by atoms with Crippen LogP contribution in [0.1, 0.15) is 0 Å². The molecular formula is C19H17FN4O7S. The highest BCUT2D eigenvalue weighted by atomic mass is 32.2. The minimum absolute atomic E-state index is 0.00721. The van der Waals surface area contributed by atoms with E-state index in [9.17, 15) is 32.5 Å². The number of sulfonamides is 1. The van der Waals surface area contributed by atoms with Crippen LogP contribution in [0.4, 0.5) is 10.1 Å². The topological polar surface area (TPSA) is 136 Å². The first-order valence-corrected chi connectivity index (χ1v) is 10.9. The first-order chi connectivity index (χ1) is 15.2. The number of amides is 1. The van der Waals surface area contributed by atoms with Crippen molar-refractivity contribution in [3.8, 4) is 0 Å². The van der Waals surface area contributed by atoms with Crippen molar-refractivity contribution in [1.29, 1.82) is 0 Å². The van der Waals surface area contributed by atoms with E-state index in [0.29, 0.717) is 0 Å². The average molecular weight is 464 g/mol. The number of fused-ring (bicyclic) bond motifs is 1. The third-order valence-electron chi connectivity index (χ3n) is 5.20. The number of piperazine rings is 1. The molecule has 168 valence electrons. The van der Waals surface area contributed by atoms with Gasteiger partial charge in [0.05, 0.1) is 21.4 Å². The van der Waals surface area contributed by atoms with Crippen molar-refractivity contribution in [2.45, 2.75) is 11.4 Å². The molecule has 1 aromatic heterocycles. The number of nitro groups is 1. The molecule has 32 heavy (non-hydrogen) atoms. The van der Waals surface area contributed by atoms with Crippen LogP contribution in [0, 0.1) is 15.9 Å². The van der Waals surface area contributed by atoms with Crippen molar-refractivity contribution >= 4 is 32.7 Å². The summed E-state index contributed by atoms with van der Waals surface area (Å²) in [5.74, 6) is -1.80. The van der Waals surface area contributed by atoms with Crippen LogP contribution in [0.2, 0.25) is 0 Å². The first kappa shape index (κ1) is 21.6. The summed E-state index contributed by atoms with van der Waals surface area (Å²) in [6.45, 7) is -0.0593. The predicted octanol–water partition coefficient (Wildman–Crippen LogP) is 1.17. The van der Waals surface area contributed by atoms with Gasteiger partial charge in [-0.15, -0.1) is 0 Å². The van der Waals surface area contributed by atoms with E-state index in [1.165, 1.54) is 33.5 Å². The van der Waals surface area contributed by atoms with E-state index in [4.69, 9.17) is 4.42 Å². The standard InChI is InChI=1S/C19H17FN4O7S/c20-13-1-4-15(5-2-13)32(29,30)22-9-7-21(8-10-22)18(25)12-23-16-6-3-14(24(27)28)11-17(16)31-19(23)26/h1-6,11H,7-10,12H2. The number of aromatic nitrogens is 1. The smallest absolute Gasteiger partial charge is 0.407 e. The molecule has 0 radical (unpaired) electrons. The molecule has 2 aromatic carbocycles. The molecule has 1 fully saturated rings. The van der Waals surface area contributed by atoms with Gasteiger partial charge in [-0.3, -0.25) is 19.5 Å². The Morgan fingerprint density at radius 2 is 1.75 bits per heavy atom. The summed E-state index contributed by atoms with van der Waals surface area (Å²) in [5, 5.41) is 10.9. The molecule has 1 saturated heterocycles. The molecule has 2 heterocycles. The van der Waals surface area contributed by atoms with Crippen molar-refractivity contribution in [3.05, 3.63) is 68.9 Å². The Balaban J connectivity index is 1.45. The van der Waals surface area contributed by atoms with Gasteiger partial charge >= 0.3 is 5.76 Å². The normalized spacial score (nSPS) is 15.2. The maximum absolute atomic E-state index is 13.1. The number of oxazole rings is 1. The molecule has 0 N–H and O–H groups in total. The SMILES string of the molecule is O=C(Cn1c(=O)oc2cc([N+](=O)[O-])ccc21)N1CCN(S(=O)(=O)c2ccc(F)cc2)CC1. The molecule has 1 amide bonds. The maximum atomic E-state index is 13.1. The molecule has 11 nitrogen and oxygen atoms in total. The zero-order valence-corrected chi connectivity index (χ0v) is 17.3. The van der Waals surface area contributed by atoms with E-state index < -0.39 is 32.4 Å². The van der Waals surface area contributed by atoms with Gasteiger partial charge < -0.3 is 9.32 Å². The van der Waals surface area contributed by atoms with Crippen molar-refractivity contribution in [2.75, 3.05) is 26.2 Å². The molecule has 0 atom stereocenters. The van der Waals surface area contributed by atoms with E-state index in [1.54, 1.807) is 0 Å². The minimum Gasteiger partial charge on any atom is -0.407 e. The molecule has 3 aromatic rings. The Kier molecular flexibility index (Phi) is 5.52. The van der Waals surface area contributed by atoms with Crippen LogP contribution in [0.5, 0.6) is 0 Å². The van der Waals surface area contributed by atoms with E-state index in [-0.39, 0.29) is 54.4 Å². The summed E-state index contributed by atoms with van der Waals surface area (Å²) >= 11 is 0. The summed E-state index contributed by atoms with van der Waals surface area (Å²) in [6.07, 6.45) is 0. The van der Waals surface area contributed by atoms with Crippen LogP contribution >= 0.6 is 0 Å². The van der Waals surface area contributed by atoms with Crippen LogP contribution in [-0.2, 0) is 21.4 Å². The van der Waals surface area contributed by atoms with Crippen LogP contribution in [0.15, 0.2) is 56.6 Å². The predicted molar refractivity (Wildman–Crippen MR) is 109 cm³/mol. The number of benzene rings is 2. The summed E-state index contributed by atoms with van der Waals surface area (Å²) in [7, 11) is -3.82. The third kappa shape index (κ3) is 3.99. The van der Waals surface area contributed by atoms with E-state index >= 15 is 0 Å². The lowest BCUT2D eigenvalue weighted by atomic mass is 10.3. The fourth-order valence-corrected chi connectivity index (χ4v) is 4.91. The van der Waals surface area contributed by atoms with Crippen molar-refractivity contribution in [3.63, 3.8) is 0 Å². The van der Waals surface area contributed by atoms with Crippen LogP contribution in [-0.4, -0.2) is 59.2 Å². The van der Waals surface area contributed by atoms with Crippen LogP contribution in [0.3, 0.4) is 0 Å². The summed E-state index contributed by atoms with van der Waals surface area (Å²) in [5.41, 5.74) is -0.0121. The van der Waals surface area contributed by atoms with Gasteiger partial charge in [0, 0.05) is 32.2 Å². The van der Waals surface area contributed by atoms with Gasteiger partial charge in [-0.25, -0.2) is 17.6 Å². The summed E-state index contributed by atoms with van der Waals surface area (Å²) in [6, 6.07) is 8.14. The lowest BCUT2D eigenvalue weighted by Crippen LogP contribution is -2.51. The van der Waals surface area contributed by atoms with E-state index in [2.05, 4.69) is 0 Å². The number of nitro benzene ring substituents is 1. The second-order valence-electron chi connectivity index (χ2n) is 7.10. The van der Waals surface area contributed by atoms with Crippen molar-refractivity contribution in [1.82, 2.24) is 13.8 Å². The first-order valence-electron chi connectivity index (χ1n) is 9.48. The van der Waals surface area contributed by atoms with Gasteiger partial charge in [0.2, 0.25) is 15.9 Å². The zero-order valence-electron chi connectivity index (χ0n) is 16.5. The van der Waals surface area contributed by atoms with Gasteiger partial charge in [-0.2, -0.15) is 4.31 Å². The highest BCUT2D eigenvalue weighted by Gasteiger charge is 2.30. The molecule has 0 spiro atoms. The highest BCUT2D eigenvalue weighted by molar-refractivity contribution is 7.89. The molecule has 0 aliphatic carbocycles. The molecule has 13 heteroatoms. The van der Waals surface area contributed by atoms with E-state index in [0.717, 1.165) is 22.8 Å². The maximum Gasteiger partial charge on any atom is 0.420 e. The van der Waals surface area contributed by atoms with Crippen molar-refractivity contribution in [2.24, 2.45) is 0 Å². The Hall–Kier alpha value is -3.58. The highest BCUT2D eigenvalue weighted by Crippen LogP contribution is 2.21. The largest absolute Gasteiger partial charge is 0.420 e. The van der Waals surface area contributed by atoms with Gasteiger partial charge in [0.15, 0.2) is 5.58 Å². The number of rotatable bonds is 5. The van der Waals surface area contributed by atoms with Gasteiger partial charge in [-0.1, -0.05) is 0 Å². The molecular weight excluding hydrogens is 447 g/mol. The second-order valence-corrected chi connectivity index (χ2v) is 9.04. The summed E-state index contributed by atoms with van der Waals surface area (Å²) < 4.78 is 45.8. The van der Waals surface area contributed by atoms with Gasteiger partial charge in [-0.05, 0) is 30.3 Å². The molecule has 0 bridgehead atoms. The number of hydrogen-bond donors (Lipinski definition) is 0. The quantitative estimate of drug-likeness (QED) is 0.408. The van der Waals surface area contributed by atoms with Gasteiger partial charge in [0.25, 0.3) is 5.69 Å². The minimum atomic E-state index is -3.82. The average Bonchev–Trinajstić information content (AvgIpc) is 3.08. The monoisotopic (exact) mass is 464 g/mol. The number of halogens is 1. The number of nitrogens with zero attached hydrogens (tertiary/aromatic N) is 4. The molecule has 1 aliphatic rings. The number of non-ortho nitro benzene ring substituents is 1. The number of carbonyl (C=O) groups excluding carboxylic acids is 1. The molecule has 0 unspecified atom stereocenters. The second kappa shape index (κ2) is 8.16. The fraction of sp³-hybridized carbons (Fsp3) is 0.263. The van der Waals surface area contributed by atoms with Crippen LogP contribution < -0.4 is 5.76 Å². The van der Waals surface area contributed by atoms with Crippen LogP contribution in [0.25, 0.3) is 11.1 Å². The van der Waals surface area contributed by atoms with E-state index in [1.807, 2.05) is 0 Å². The Morgan fingerprint density at radius 1 is 1.09 bits per heavy atom. The summed E-state index contributed by atoms with van der Waals surface area (Å²) in [4.78, 5) is 36.5. The zero-order chi connectivity index (χ0) is 23.0. The molecule has 4 rings (SSSR count). The molecule has 1 aliphatic heterocycles. The Morgan fingerprint density at radius 3 is 2.38 bits per heavy atom. The Labute approximate surface area is 180 Å². The van der Waals surface area contributed by atoms with Gasteiger partial charge in [0.1, 0.15) is 12.4 Å². The lowest BCUT2D eigenvalue weighted by Gasteiger charge is -2.34. The number of hydrogen-bond acceptors (Lipinski definition) is 7. The number of carbonyl (C=O) groups is 1. The molecule has 0 saturated carbocycles.